The quantitative estimate of drug-likeness (QED) is 0.690. The van der Waals surface area contributed by atoms with Gasteiger partial charge in [0.2, 0.25) is 11.8 Å². The fraction of sp³-hybridized carbons (Fsp3) is 0.364. The van der Waals surface area contributed by atoms with Gasteiger partial charge in [-0.05, 0) is 30.0 Å². The van der Waals surface area contributed by atoms with E-state index in [0.717, 1.165) is 6.42 Å². The van der Waals surface area contributed by atoms with E-state index in [1.165, 1.54) is 17.2 Å². The Morgan fingerprint density at radius 3 is 2.59 bits per heavy atom. The van der Waals surface area contributed by atoms with Gasteiger partial charge >= 0.3 is 6.61 Å². The number of ether oxygens (including phenoxy) is 1. The summed E-state index contributed by atoms with van der Waals surface area (Å²) in [6.45, 7) is -1.25. The van der Waals surface area contributed by atoms with E-state index in [4.69, 9.17) is 0 Å². The molecule has 29 heavy (non-hydrogen) atoms. The molecule has 0 aromatic heterocycles. The molecule has 0 saturated heterocycles. The third-order valence-electron chi connectivity index (χ3n) is 4.91. The second kappa shape index (κ2) is 10.0. The Morgan fingerprint density at radius 2 is 1.79 bits per heavy atom. The van der Waals surface area contributed by atoms with Crippen LogP contribution in [0.15, 0.2) is 48.5 Å². The molecular weight excluding hydrogens is 378 g/mol. The molecule has 0 radical (unpaired) electrons. The number of carbonyl (C=O) groups is 2. The predicted molar refractivity (Wildman–Crippen MR) is 105 cm³/mol. The highest BCUT2D eigenvalue weighted by atomic mass is 19.3. The zero-order valence-corrected chi connectivity index (χ0v) is 16.1. The molecule has 0 unspecified atom stereocenters. The maximum absolute atomic E-state index is 12.4. The molecule has 0 bridgehead atoms. The van der Waals surface area contributed by atoms with Crippen LogP contribution in [-0.2, 0) is 29.0 Å². The summed E-state index contributed by atoms with van der Waals surface area (Å²) in [5, 5.41) is 2.73. The number of rotatable bonds is 8. The first-order valence-corrected chi connectivity index (χ1v) is 9.67. The van der Waals surface area contributed by atoms with Crippen LogP contribution in [0.4, 0.5) is 8.78 Å². The molecule has 2 aromatic rings. The van der Waals surface area contributed by atoms with Crippen LogP contribution in [0.25, 0.3) is 0 Å². The van der Waals surface area contributed by atoms with E-state index < -0.39 is 6.61 Å². The number of halogens is 2. The number of hydrogen-bond acceptors (Lipinski definition) is 3. The van der Waals surface area contributed by atoms with E-state index >= 15 is 0 Å². The number of fused-ring (bicyclic) bond motifs is 1. The second-order valence-electron chi connectivity index (χ2n) is 6.95. The van der Waals surface area contributed by atoms with Crippen molar-refractivity contribution in [2.24, 2.45) is 0 Å². The van der Waals surface area contributed by atoms with E-state index in [-0.39, 0.29) is 24.0 Å². The Bertz CT molecular complexity index is 857. The van der Waals surface area contributed by atoms with Crippen molar-refractivity contribution >= 4 is 11.8 Å². The Balaban J connectivity index is 1.40. The Morgan fingerprint density at radius 1 is 1.07 bits per heavy atom. The molecular formula is C22H24F2N2O3. The van der Waals surface area contributed by atoms with Crippen LogP contribution in [0.1, 0.15) is 29.5 Å². The van der Waals surface area contributed by atoms with Crippen LogP contribution in [0.3, 0.4) is 0 Å². The summed E-state index contributed by atoms with van der Waals surface area (Å²) in [4.78, 5) is 26.4. The summed E-state index contributed by atoms with van der Waals surface area (Å²) in [6.07, 6.45) is 1.68. The van der Waals surface area contributed by atoms with Crippen molar-refractivity contribution in [1.29, 1.82) is 0 Å². The van der Waals surface area contributed by atoms with Crippen LogP contribution < -0.4 is 10.1 Å². The normalized spacial score (nSPS) is 13.1. The first-order valence-electron chi connectivity index (χ1n) is 9.67. The topological polar surface area (TPSA) is 58.6 Å². The van der Waals surface area contributed by atoms with Gasteiger partial charge in [-0.2, -0.15) is 8.78 Å². The number of nitrogens with one attached hydrogen (secondary N) is 1. The van der Waals surface area contributed by atoms with Gasteiger partial charge in [-0.25, -0.2) is 0 Å². The number of nitrogens with zero attached hydrogens (tertiary/aromatic N) is 1. The number of alkyl halides is 2. The Hall–Kier alpha value is -2.96. The lowest BCUT2D eigenvalue weighted by Crippen LogP contribution is -2.36. The molecule has 0 fully saturated rings. The largest absolute Gasteiger partial charge is 0.435 e. The Kier molecular flexibility index (Phi) is 7.16. The summed E-state index contributed by atoms with van der Waals surface area (Å²) in [6, 6.07) is 14.4. The van der Waals surface area contributed by atoms with Gasteiger partial charge in [-0.15, -0.1) is 0 Å². The van der Waals surface area contributed by atoms with Crippen molar-refractivity contribution in [2.45, 2.75) is 38.8 Å². The first kappa shape index (κ1) is 20.8. The second-order valence-corrected chi connectivity index (χ2v) is 6.95. The minimum atomic E-state index is -2.94. The number of amides is 2. The van der Waals surface area contributed by atoms with Crippen LogP contribution in [0.5, 0.6) is 5.75 Å². The van der Waals surface area contributed by atoms with Crippen LogP contribution >= 0.6 is 0 Å². The molecule has 154 valence electrons. The molecule has 2 aromatic carbocycles. The minimum absolute atomic E-state index is 0.00166. The van der Waals surface area contributed by atoms with Crippen LogP contribution in [0.2, 0.25) is 0 Å². The van der Waals surface area contributed by atoms with Gasteiger partial charge in [0, 0.05) is 31.6 Å². The average Bonchev–Trinajstić information content (AvgIpc) is 2.71. The molecule has 0 aliphatic carbocycles. The molecule has 1 heterocycles. The summed E-state index contributed by atoms with van der Waals surface area (Å²) in [7, 11) is 0. The zero-order valence-electron chi connectivity index (χ0n) is 16.1. The molecule has 1 aliphatic heterocycles. The highest BCUT2D eigenvalue weighted by Gasteiger charge is 2.20. The summed E-state index contributed by atoms with van der Waals surface area (Å²) >= 11 is 0. The molecule has 3 rings (SSSR count). The third kappa shape index (κ3) is 6.01. The van der Waals surface area contributed by atoms with Gasteiger partial charge in [0.05, 0.1) is 6.42 Å². The number of para-hydroxylation sites is 1. The standard InChI is InChI=1S/C22H24F2N2O3/c23-22(24)29-19-9-4-3-7-17(19)14-20(27)25-12-5-10-21(28)26-13-11-16-6-1-2-8-18(16)15-26/h1-4,6-9,22H,5,10-15H2,(H,25,27). The molecule has 1 N–H and O–H groups in total. The van der Waals surface area contributed by atoms with E-state index in [0.29, 0.717) is 38.0 Å². The molecule has 7 heteroatoms. The van der Waals surface area contributed by atoms with Crippen molar-refractivity contribution in [3.8, 4) is 5.75 Å². The summed E-state index contributed by atoms with van der Waals surface area (Å²) in [5.74, 6) is -0.225. The van der Waals surface area contributed by atoms with Gasteiger partial charge in [0.25, 0.3) is 0 Å². The van der Waals surface area contributed by atoms with Gasteiger partial charge in [-0.3, -0.25) is 9.59 Å². The SMILES string of the molecule is O=C(Cc1ccccc1OC(F)F)NCCCC(=O)N1CCc2ccccc2C1. The lowest BCUT2D eigenvalue weighted by atomic mass is 9.99. The van der Waals surface area contributed by atoms with Crippen molar-refractivity contribution in [1.82, 2.24) is 10.2 Å². The van der Waals surface area contributed by atoms with Crippen LogP contribution in [-0.4, -0.2) is 36.4 Å². The first-order chi connectivity index (χ1) is 14.0. The maximum Gasteiger partial charge on any atom is 0.387 e. The Labute approximate surface area is 168 Å². The van der Waals surface area contributed by atoms with Crippen LogP contribution in [0, 0.1) is 0 Å². The number of carbonyl (C=O) groups excluding carboxylic acids is 2. The van der Waals surface area contributed by atoms with E-state index in [1.54, 1.807) is 18.2 Å². The van der Waals surface area contributed by atoms with E-state index in [1.807, 2.05) is 23.1 Å². The molecule has 0 saturated carbocycles. The van der Waals surface area contributed by atoms with Gasteiger partial charge in [0.15, 0.2) is 0 Å². The van der Waals surface area contributed by atoms with E-state index in [9.17, 15) is 18.4 Å². The van der Waals surface area contributed by atoms with E-state index in [2.05, 4.69) is 16.1 Å². The number of hydrogen-bond donors (Lipinski definition) is 1. The van der Waals surface area contributed by atoms with Gasteiger partial charge in [-0.1, -0.05) is 42.5 Å². The van der Waals surface area contributed by atoms with Crippen molar-refractivity contribution in [3.05, 3.63) is 65.2 Å². The summed E-state index contributed by atoms with van der Waals surface area (Å²) in [5.41, 5.74) is 2.87. The number of benzene rings is 2. The molecule has 1 aliphatic rings. The highest BCUT2D eigenvalue weighted by Crippen LogP contribution is 2.21. The smallest absolute Gasteiger partial charge is 0.387 e. The van der Waals surface area contributed by atoms with Gasteiger partial charge < -0.3 is 15.0 Å². The maximum atomic E-state index is 12.4. The molecule has 5 nitrogen and oxygen atoms in total. The highest BCUT2D eigenvalue weighted by molar-refractivity contribution is 5.79. The molecule has 0 spiro atoms. The zero-order chi connectivity index (χ0) is 20.6. The predicted octanol–water partition coefficient (Wildman–Crippen LogP) is 3.31. The third-order valence-corrected chi connectivity index (χ3v) is 4.91. The van der Waals surface area contributed by atoms with Crippen molar-refractivity contribution < 1.29 is 23.1 Å². The lowest BCUT2D eigenvalue weighted by Gasteiger charge is -2.29. The molecule has 2 amide bonds. The molecule has 0 atom stereocenters. The lowest BCUT2D eigenvalue weighted by molar-refractivity contribution is -0.132. The van der Waals surface area contributed by atoms with Crippen molar-refractivity contribution in [3.63, 3.8) is 0 Å². The van der Waals surface area contributed by atoms with Gasteiger partial charge in [0.1, 0.15) is 5.75 Å². The minimum Gasteiger partial charge on any atom is -0.435 e. The van der Waals surface area contributed by atoms with Crippen molar-refractivity contribution in [2.75, 3.05) is 13.1 Å². The average molecular weight is 402 g/mol. The monoisotopic (exact) mass is 402 g/mol. The fourth-order valence-corrected chi connectivity index (χ4v) is 3.43. The summed E-state index contributed by atoms with van der Waals surface area (Å²) < 4.78 is 29.3. The fourth-order valence-electron chi connectivity index (χ4n) is 3.43.